The fourth-order valence-electron chi connectivity index (χ4n) is 2.53. The standard InChI is InChI=1S/C12H22N4O/c1-3-17-12(6-4-9(2)5-7-12)11-14-10(8-13)15-16-11/h9H,3-8,13H2,1-2H3,(H,14,15,16). The second-order valence-corrected chi connectivity index (χ2v) is 4.92. The van der Waals surface area contributed by atoms with Crippen molar-refractivity contribution in [1.82, 2.24) is 15.2 Å². The van der Waals surface area contributed by atoms with Gasteiger partial charge in [0.15, 0.2) is 5.82 Å². The number of nitrogens with two attached hydrogens (primary N) is 1. The van der Waals surface area contributed by atoms with Crippen LogP contribution in [0.4, 0.5) is 0 Å². The molecule has 0 bridgehead atoms. The fourth-order valence-corrected chi connectivity index (χ4v) is 2.53. The molecule has 3 N–H and O–H groups in total. The molecule has 0 aliphatic heterocycles. The van der Waals surface area contributed by atoms with Crippen LogP contribution in [0.25, 0.3) is 0 Å². The zero-order valence-electron chi connectivity index (χ0n) is 10.7. The predicted octanol–water partition coefficient (Wildman–Crippen LogP) is 1.71. The lowest BCUT2D eigenvalue weighted by molar-refractivity contribution is -0.0835. The van der Waals surface area contributed by atoms with E-state index < -0.39 is 0 Å². The summed E-state index contributed by atoms with van der Waals surface area (Å²) < 4.78 is 5.98. The van der Waals surface area contributed by atoms with Crippen molar-refractivity contribution in [2.24, 2.45) is 11.7 Å². The van der Waals surface area contributed by atoms with E-state index in [4.69, 9.17) is 10.5 Å². The molecule has 96 valence electrons. The van der Waals surface area contributed by atoms with E-state index in [1.54, 1.807) is 0 Å². The molecule has 0 unspecified atom stereocenters. The van der Waals surface area contributed by atoms with Gasteiger partial charge in [0.1, 0.15) is 11.4 Å². The van der Waals surface area contributed by atoms with Gasteiger partial charge in [0.05, 0.1) is 6.54 Å². The van der Waals surface area contributed by atoms with Crippen molar-refractivity contribution in [2.45, 2.75) is 51.7 Å². The molecule has 1 aliphatic carbocycles. The smallest absolute Gasteiger partial charge is 0.182 e. The number of aromatic amines is 1. The Morgan fingerprint density at radius 2 is 2.18 bits per heavy atom. The molecule has 1 heterocycles. The summed E-state index contributed by atoms with van der Waals surface area (Å²) >= 11 is 0. The average molecular weight is 238 g/mol. The van der Waals surface area contributed by atoms with E-state index >= 15 is 0 Å². The van der Waals surface area contributed by atoms with Gasteiger partial charge in [-0.25, -0.2) is 4.98 Å². The summed E-state index contributed by atoms with van der Waals surface area (Å²) in [6, 6.07) is 0. The van der Waals surface area contributed by atoms with Crippen LogP contribution in [0.15, 0.2) is 0 Å². The molecular weight excluding hydrogens is 216 g/mol. The highest BCUT2D eigenvalue weighted by molar-refractivity contribution is 5.05. The number of ether oxygens (including phenoxy) is 1. The van der Waals surface area contributed by atoms with Crippen molar-refractivity contribution < 1.29 is 4.74 Å². The van der Waals surface area contributed by atoms with Crippen LogP contribution in [0.2, 0.25) is 0 Å². The second-order valence-electron chi connectivity index (χ2n) is 4.92. The summed E-state index contributed by atoms with van der Waals surface area (Å²) in [6.45, 7) is 5.40. The minimum Gasteiger partial charge on any atom is -0.367 e. The summed E-state index contributed by atoms with van der Waals surface area (Å²) in [6.07, 6.45) is 4.35. The maximum Gasteiger partial charge on any atom is 0.182 e. The SMILES string of the molecule is CCOC1(c2n[nH]c(CN)n2)CCC(C)CC1. The van der Waals surface area contributed by atoms with E-state index in [2.05, 4.69) is 22.1 Å². The second kappa shape index (κ2) is 5.14. The van der Waals surface area contributed by atoms with Crippen LogP contribution in [0.5, 0.6) is 0 Å². The topological polar surface area (TPSA) is 76.8 Å². The molecule has 5 nitrogen and oxygen atoms in total. The molecule has 0 radical (unpaired) electrons. The Morgan fingerprint density at radius 3 is 2.71 bits per heavy atom. The molecule has 0 spiro atoms. The molecule has 17 heavy (non-hydrogen) atoms. The third-order valence-electron chi connectivity index (χ3n) is 3.64. The van der Waals surface area contributed by atoms with E-state index in [9.17, 15) is 0 Å². The summed E-state index contributed by atoms with van der Waals surface area (Å²) in [5.74, 6) is 2.29. The minimum atomic E-state index is -0.287. The Balaban J connectivity index is 2.21. The number of nitrogens with one attached hydrogen (secondary N) is 1. The zero-order chi connectivity index (χ0) is 12.3. The summed E-state index contributed by atoms with van der Waals surface area (Å²) in [4.78, 5) is 4.45. The van der Waals surface area contributed by atoms with Gasteiger partial charge in [-0.15, -0.1) is 0 Å². The molecule has 1 saturated carbocycles. The quantitative estimate of drug-likeness (QED) is 0.837. The first-order chi connectivity index (χ1) is 8.20. The summed E-state index contributed by atoms with van der Waals surface area (Å²) in [7, 11) is 0. The number of H-pyrrole nitrogens is 1. The number of hydrogen-bond acceptors (Lipinski definition) is 4. The third-order valence-corrected chi connectivity index (χ3v) is 3.64. The first-order valence-electron chi connectivity index (χ1n) is 6.46. The maximum absolute atomic E-state index is 5.98. The number of hydrogen-bond donors (Lipinski definition) is 2. The van der Waals surface area contributed by atoms with E-state index in [0.717, 1.165) is 30.4 Å². The monoisotopic (exact) mass is 238 g/mol. The van der Waals surface area contributed by atoms with Gasteiger partial charge < -0.3 is 10.5 Å². The van der Waals surface area contributed by atoms with Crippen LogP contribution in [-0.2, 0) is 16.9 Å². The lowest BCUT2D eigenvalue weighted by Gasteiger charge is -2.36. The average Bonchev–Trinajstić information content (AvgIpc) is 2.82. The molecule has 0 aromatic carbocycles. The molecule has 1 fully saturated rings. The first-order valence-corrected chi connectivity index (χ1v) is 6.46. The molecular formula is C12H22N4O. The summed E-state index contributed by atoms with van der Waals surface area (Å²) in [5, 5.41) is 7.17. The normalized spacial score (nSPS) is 29.5. The van der Waals surface area contributed by atoms with E-state index in [1.807, 2.05) is 6.92 Å². The Bertz CT molecular complexity index is 355. The van der Waals surface area contributed by atoms with Crippen molar-refractivity contribution in [3.05, 3.63) is 11.6 Å². The van der Waals surface area contributed by atoms with E-state index in [0.29, 0.717) is 13.2 Å². The van der Waals surface area contributed by atoms with Gasteiger partial charge >= 0.3 is 0 Å². The van der Waals surface area contributed by atoms with Gasteiger partial charge in [-0.05, 0) is 38.5 Å². The van der Waals surface area contributed by atoms with E-state index in [1.165, 1.54) is 12.8 Å². The molecule has 0 saturated heterocycles. The number of aromatic nitrogens is 3. The van der Waals surface area contributed by atoms with Gasteiger partial charge in [-0.2, -0.15) is 5.10 Å². The van der Waals surface area contributed by atoms with E-state index in [-0.39, 0.29) is 5.60 Å². The lowest BCUT2D eigenvalue weighted by Crippen LogP contribution is -2.35. The maximum atomic E-state index is 5.98. The Labute approximate surface area is 102 Å². The molecule has 0 amide bonds. The van der Waals surface area contributed by atoms with Gasteiger partial charge in [-0.1, -0.05) is 6.92 Å². The predicted molar refractivity (Wildman–Crippen MR) is 65.2 cm³/mol. The number of rotatable bonds is 4. The molecule has 2 rings (SSSR count). The van der Waals surface area contributed by atoms with Crippen molar-refractivity contribution in [1.29, 1.82) is 0 Å². The first kappa shape index (κ1) is 12.5. The molecule has 1 aromatic rings. The van der Waals surface area contributed by atoms with Crippen LogP contribution in [-0.4, -0.2) is 21.8 Å². The molecule has 1 aliphatic rings. The van der Waals surface area contributed by atoms with Crippen molar-refractivity contribution in [2.75, 3.05) is 6.61 Å². The van der Waals surface area contributed by atoms with Gasteiger partial charge in [0.25, 0.3) is 0 Å². The van der Waals surface area contributed by atoms with Crippen LogP contribution >= 0.6 is 0 Å². The third kappa shape index (κ3) is 2.50. The Kier molecular flexibility index (Phi) is 3.79. The lowest BCUT2D eigenvalue weighted by atomic mass is 9.79. The Morgan fingerprint density at radius 1 is 1.47 bits per heavy atom. The van der Waals surface area contributed by atoms with Crippen molar-refractivity contribution in [3.8, 4) is 0 Å². The molecule has 1 aromatic heterocycles. The zero-order valence-corrected chi connectivity index (χ0v) is 10.7. The van der Waals surface area contributed by atoms with Crippen LogP contribution in [0.3, 0.4) is 0 Å². The fraction of sp³-hybridized carbons (Fsp3) is 0.833. The minimum absolute atomic E-state index is 0.287. The van der Waals surface area contributed by atoms with Crippen LogP contribution in [0, 0.1) is 5.92 Å². The van der Waals surface area contributed by atoms with Crippen molar-refractivity contribution >= 4 is 0 Å². The van der Waals surface area contributed by atoms with Gasteiger partial charge in [0, 0.05) is 6.61 Å². The van der Waals surface area contributed by atoms with Gasteiger partial charge in [-0.3, -0.25) is 5.10 Å². The largest absolute Gasteiger partial charge is 0.367 e. The van der Waals surface area contributed by atoms with Crippen LogP contribution in [0.1, 0.15) is 51.2 Å². The van der Waals surface area contributed by atoms with Crippen LogP contribution < -0.4 is 5.73 Å². The van der Waals surface area contributed by atoms with Crippen molar-refractivity contribution in [3.63, 3.8) is 0 Å². The molecule has 5 heteroatoms. The highest BCUT2D eigenvalue weighted by atomic mass is 16.5. The molecule has 0 atom stereocenters. The highest BCUT2D eigenvalue weighted by Gasteiger charge is 2.40. The van der Waals surface area contributed by atoms with Gasteiger partial charge in [0.2, 0.25) is 0 Å². The number of nitrogens with zero attached hydrogens (tertiary/aromatic N) is 2. The highest BCUT2D eigenvalue weighted by Crippen LogP contribution is 2.40. The Hall–Kier alpha value is -0.940. The summed E-state index contributed by atoms with van der Waals surface area (Å²) in [5.41, 5.74) is 5.27.